The third-order valence-electron chi connectivity index (χ3n) is 3.91. The van der Waals surface area contributed by atoms with Crippen molar-refractivity contribution in [3.8, 4) is 5.75 Å². The Kier molecular flexibility index (Phi) is 5.47. The first-order valence-corrected chi connectivity index (χ1v) is 8.18. The third-order valence-corrected chi connectivity index (χ3v) is 3.91. The van der Waals surface area contributed by atoms with Crippen molar-refractivity contribution in [2.45, 2.75) is 13.0 Å². The lowest BCUT2D eigenvalue weighted by atomic mass is 10.1. The van der Waals surface area contributed by atoms with Crippen LogP contribution in [0.3, 0.4) is 0 Å². The second-order valence-corrected chi connectivity index (χ2v) is 5.73. The number of benzene rings is 3. The highest BCUT2D eigenvalue weighted by Gasteiger charge is 2.03. The number of fused-ring (bicyclic) bond motifs is 1. The molecular weight excluding hydrogens is 312 g/mol. The minimum Gasteiger partial charge on any atom is -0.497 e. The first-order valence-electron chi connectivity index (χ1n) is 8.18. The van der Waals surface area contributed by atoms with Crippen LogP contribution in [0.25, 0.3) is 16.8 Å². The molecule has 25 heavy (non-hydrogen) atoms. The summed E-state index contributed by atoms with van der Waals surface area (Å²) in [5.74, 6) is 0.596. The molecule has 0 aliphatic rings. The lowest BCUT2D eigenvalue weighted by Crippen LogP contribution is -2.02. The summed E-state index contributed by atoms with van der Waals surface area (Å²) >= 11 is 0. The van der Waals surface area contributed by atoms with Gasteiger partial charge in [-0.3, -0.25) is 4.79 Å². The Balaban J connectivity index is 1.55. The molecule has 3 nitrogen and oxygen atoms in total. The van der Waals surface area contributed by atoms with Crippen LogP contribution < -0.4 is 4.74 Å². The normalized spacial score (nSPS) is 10.9. The summed E-state index contributed by atoms with van der Waals surface area (Å²) in [4.78, 5) is 11.9. The average molecular weight is 332 g/mol. The number of methoxy groups -OCH3 is 1. The van der Waals surface area contributed by atoms with Gasteiger partial charge in [-0.1, -0.05) is 60.7 Å². The van der Waals surface area contributed by atoms with Gasteiger partial charge in [0.1, 0.15) is 12.4 Å². The van der Waals surface area contributed by atoms with Crippen LogP contribution in [0.2, 0.25) is 0 Å². The summed E-state index contributed by atoms with van der Waals surface area (Å²) in [5.41, 5.74) is 2.04. The summed E-state index contributed by atoms with van der Waals surface area (Å²) in [7, 11) is 1.65. The molecule has 3 aromatic carbocycles. The molecule has 0 fully saturated rings. The van der Waals surface area contributed by atoms with Crippen molar-refractivity contribution < 1.29 is 14.3 Å². The van der Waals surface area contributed by atoms with Crippen LogP contribution in [0.5, 0.6) is 5.75 Å². The molecular formula is C22H20O3. The number of hydrogen-bond donors (Lipinski definition) is 0. The molecule has 3 heteroatoms. The minimum atomic E-state index is -0.234. The minimum absolute atomic E-state index is 0.234. The summed E-state index contributed by atoms with van der Waals surface area (Å²) in [6.07, 6.45) is 4.01. The molecule has 0 spiro atoms. The lowest BCUT2D eigenvalue weighted by Gasteiger charge is -2.06. The highest BCUT2D eigenvalue weighted by molar-refractivity contribution is 5.84. The first kappa shape index (κ1) is 16.8. The van der Waals surface area contributed by atoms with E-state index in [1.807, 2.05) is 78.9 Å². The van der Waals surface area contributed by atoms with Crippen LogP contribution in [0.4, 0.5) is 0 Å². The van der Waals surface area contributed by atoms with Crippen molar-refractivity contribution in [3.63, 3.8) is 0 Å². The lowest BCUT2D eigenvalue weighted by molar-refractivity contribution is -0.143. The average Bonchev–Trinajstić information content (AvgIpc) is 2.66. The number of carbonyl (C=O) groups excluding carboxylic acids is 1. The third kappa shape index (κ3) is 4.70. The van der Waals surface area contributed by atoms with E-state index in [2.05, 4.69) is 0 Å². The number of carbonyl (C=O) groups is 1. The highest BCUT2D eigenvalue weighted by atomic mass is 16.5. The van der Waals surface area contributed by atoms with E-state index in [4.69, 9.17) is 9.47 Å². The Morgan fingerprint density at radius 2 is 1.72 bits per heavy atom. The Morgan fingerprint density at radius 1 is 0.960 bits per heavy atom. The molecule has 0 radical (unpaired) electrons. The van der Waals surface area contributed by atoms with E-state index in [0.717, 1.165) is 27.6 Å². The van der Waals surface area contributed by atoms with Crippen LogP contribution in [0.1, 0.15) is 17.5 Å². The molecule has 0 aliphatic heterocycles. The van der Waals surface area contributed by atoms with Crippen molar-refractivity contribution in [3.05, 3.63) is 83.9 Å². The molecule has 3 rings (SSSR count). The molecule has 0 unspecified atom stereocenters. The van der Waals surface area contributed by atoms with Crippen LogP contribution in [-0.4, -0.2) is 13.1 Å². The van der Waals surface area contributed by atoms with E-state index in [0.29, 0.717) is 0 Å². The van der Waals surface area contributed by atoms with E-state index < -0.39 is 0 Å². The van der Waals surface area contributed by atoms with Gasteiger partial charge in [0.05, 0.1) is 13.5 Å². The fourth-order valence-electron chi connectivity index (χ4n) is 2.57. The SMILES string of the molecule is COc1ccc2cc(COC(=O)C/C=C/c3ccccc3)ccc2c1. The fraction of sp³-hybridized carbons (Fsp3) is 0.136. The molecule has 126 valence electrons. The van der Waals surface area contributed by atoms with Crippen LogP contribution in [-0.2, 0) is 16.1 Å². The van der Waals surface area contributed by atoms with Gasteiger partial charge < -0.3 is 9.47 Å². The van der Waals surface area contributed by atoms with Gasteiger partial charge in [0.25, 0.3) is 0 Å². The van der Waals surface area contributed by atoms with Crippen LogP contribution >= 0.6 is 0 Å². The van der Waals surface area contributed by atoms with Crippen molar-refractivity contribution in [2.75, 3.05) is 7.11 Å². The number of ether oxygens (including phenoxy) is 2. The van der Waals surface area contributed by atoms with E-state index in [9.17, 15) is 4.79 Å². The maximum Gasteiger partial charge on any atom is 0.309 e. The Labute approximate surface area is 147 Å². The predicted octanol–water partition coefficient (Wildman–Crippen LogP) is 5.00. The van der Waals surface area contributed by atoms with Gasteiger partial charge in [0.15, 0.2) is 0 Å². The first-order chi connectivity index (χ1) is 12.2. The largest absolute Gasteiger partial charge is 0.497 e. The van der Waals surface area contributed by atoms with Gasteiger partial charge >= 0.3 is 5.97 Å². The molecule has 0 saturated carbocycles. The van der Waals surface area contributed by atoms with Crippen molar-refractivity contribution in [2.24, 2.45) is 0 Å². The fourth-order valence-corrected chi connectivity index (χ4v) is 2.57. The summed E-state index contributed by atoms with van der Waals surface area (Å²) in [6.45, 7) is 0.278. The van der Waals surface area contributed by atoms with Gasteiger partial charge in [-0.05, 0) is 40.1 Å². The zero-order chi connectivity index (χ0) is 17.5. The topological polar surface area (TPSA) is 35.5 Å². The second-order valence-electron chi connectivity index (χ2n) is 5.73. The second kappa shape index (κ2) is 8.15. The van der Waals surface area contributed by atoms with Gasteiger partial charge in [-0.2, -0.15) is 0 Å². The zero-order valence-corrected chi connectivity index (χ0v) is 14.1. The maximum atomic E-state index is 11.9. The summed E-state index contributed by atoms with van der Waals surface area (Å²) in [6, 6.07) is 21.8. The predicted molar refractivity (Wildman–Crippen MR) is 100 cm³/mol. The molecule has 0 N–H and O–H groups in total. The van der Waals surface area contributed by atoms with Gasteiger partial charge in [0.2, 0.25) is 0 Å². The number of rotatable bonds is 6. The van der Waals surface area contributed by atoms with E-state index in [1.54, 1.807) is 7.11 Å². The van der Waals surface area contributed by atoms with Crippen molar-refractivity contribution >= 4 is 22.8 Å². The van der Waals surface area contributed by atoms with Gasteiger partial charge in [-0.25, -0.2) is 0 Å². The number of esters is 1. The molecule has 0 aromatic heterocycles. The zero-order valence-electron chi connectivity index (χ0n) is 14.1. The molecule has 0 saturated heterocycles. The van der Waals surface area contributed by atoms with E-state index in [1.165, 1.54) is 0 Å². The molecule has 3 aromatic rings. The quantitative estimate of drug-likeness (QED) is 0.596. The van der Waals surface area contributed by atoms with Crippen molar-refractivity contribution in [1.29, 1.82) is 0 Å². The molecule has 0 amide bonds. The summed E-state index contributed by atoms with van der Waals surface area (Å²) in [5, 5.41) is 2.19. The highest BCUT2D eigenvalue weighted by Crippen LogP contribution is 2.22. The van der Waals surface area contributed by atoms with E-state index in [-0.39, 0.29) is 19.0 Å². The smallest absolute Gasteiger partial charge is 0.309 e. The van der Waals surface area contributed by atoms with Crippen LogP contribution in [0.15, 0.2) is 72.8 Å². The van der Waals surface area contributed by atoms with Gasteiger partial charge in [-0.15, -0.1) is 0 Å². The molecule has 0 heterocycles. The Morgan fingerprint density at radius 3 is 2.52 bits per heavy atom. The van der Waals surface area contributed by atoms with Crippen molar-refractivity contribution in [1.82, 2.24) is 0 Å². The Hall–Kier alpha value is -3.07. The van der Waals surface area contributed by atoms with Gasteiger partial charge in [0, 0.05) is 0 Å². The van der Waals surface area contributed by atoms with Crippen LogP contribution in [0, 0.1) is 0 Å². The summed E-state index contributed by atoms with van der Waals surface area (Å²) < 4.78 is 10.6. The maximum absolute atomic E-state index is 11.9. The molecule has 0 bridgehead atoms. The standard InChI is InChI=1S/C22H20O3/c1-24-21-13-12-19-14-18(10-11-20(19)15-21)16-25-22(23)9-5-8-17-6-3-2-4-7-17/h2-8,10-15H,9,16H2,1H3/b8-5+. The monoisotopic (exact) mass is 332 g/mol. The number of hydrogen-bond acceptors (Lipinski definition) is 3. The van der Waals surface area contributed by atoms with E-state index >= 15 is 0 Å². The molecule has 0 aliphatic carbocycles. The molecule has 0 atom stereocenters. The Bertz CT molecular complexity index is 882.